The van der Waals surface area contributed by atoms with Gasteiger partial charge in [-0.25, -0.2) is 0 Å². The van der Waals surface area contributed by atoms with E-state index in [1.807, 2.05) is 0 Å². The Morgan fingerprint density at radius 2 is 2.05 bits per heavy atom. The van der Waals surface area contributed by atoms with Gasteiger partial charge in [-0.05, 0) is 37.9 Å². The molecule has 1 aromatic rings. The van der Waals surface area contributed by atoms with Crippen molar-refractivity contribution >= 4 is 0 Å². The molecular formula is C16H21F3N2. The van der Waals surface area contributed by atoms with Crippen LogP contribution in [0.4, 0.5) is 13.2 Å². The van der Waals surface area contributed by atoms with Crippen LogP contribution in [0, 0.1) is 0 Å². The fourth-order valence-corrected chi connectivity index (χ4v) is 3.55. The molecule has 0 spiro atoms. The second-order valence-corrected chi connectivity index (χ2v) is 6.27. The van der Waals surface area contributed by atoms with Crippen molar-refractivity contribution in [3.63, 3.8) is 0 Å². The molecule has 0 saturated carbocycles. The van der Waals surface area contributed by atoms with E-state index in [2.05, 4.69) is 16.7 Å². The summed E-state index contributed by atoms with van der Waals surface area (Å²) in [6.07, 6.45) is -1.80. The molecule has 0 aromatic heterocycles. The van der Waals surface area contributed by atoms with Crippen molar-refractivity contribution in [1.29, 1.82) is 0 Å². The molecule has 3 rings (SSSR count). The van der Waals surface area contributed by atoms with Gasteiger partial charge in [-0.15, -0.1) is 0 Å². The molecule has 0 N–H and O–H groups in total. The van der Waals surface area contributed by atoms with Gasteiger partial charge in [0.05, 0.1) is 5.56 Å². The molecule has 5 heteroatoms. The molecule has 0 amide bonds. The number of piperazine rings is 1. The summed E-state index contributed by atoms with van der Waals surface area (Å²) in [5.41, 5.74) is 0.204. The van der Waals surface area contributed by atoms with Crippen LogP contribution >= 0.6 is 0 Å². The molecule has 116 valence electrons. The number of benzene rings is 1. The van der Waals surface area contributed by atoms with Crippen LogP contribution in [0.15, 0.2) is 24.3 Å². The van der Waals surface area contributed by atoms with Gasteiger partial charge in [0.15, 0.2) is 0 Å². The first-order chi connectivity index (χ1) is 9.93. The zero-order valence-electron chi connectivity index (χ0n) is 12.2. The highest BCUT2D eigenvalue weighted by Crippen LogP contribution is 2.30. The maximum atomic E-state index is 12.8. The van der Waals surface area contributed by atoms with E-state index in [0.717, 1.165) is 24.7 Å². The average molecular weight is 298 g/mol. The van der Waals surface area contributed by atoms with Crippen LogP contribution in [0.25, 0.3) is 0 Å². The summed E-state index contributed by atoms with van der Waals surface area (Å²) in [5, 5.41) is 0. The third-order valence-corrected chi connectivity index (χ3v) is 4.71. The van der Waals surface area contributed by atoms with Crippen LogP contribution < -0.4 is 0 Å². The topological polar surface area (TPSA) is 6.48 Å². The van der Waals surface area contributed by atoms with Crippen LogP contribution in [0.3, 0.4) is 0 Å². The van der Waals surface area contributed by atoms with Crippen molar-refractivity contribution in [2.45, 2.75) is 44.6 Å². The molecule has 2 aliphatic heterocycles. The Morgan fingerprint density at radius 3 is 2.81 bits per heavy atom. The minimum absolute atomic E-state index is 0.397. The summed E-state index contributed by atoms with van der Waals surface area (Å²) in [6.45, 7) is 5.95. The standard InChI is InChI=1S/C16H21F3N2/c1-12-9-20-7-3-6-15(20)11-21(12)10-13-4-2-5-14(8-13)16(17,18)19/h2,4-5,8,12,15H,3,6-7,9-11H2,1H3. The number of hydrogen-bond donors (Lipinski definition) is 0. The summed E-state index contributed by atoms with van der Waals surface area (Å²) in [5.74, 6) is 0. The van der Waals surface area contributed by atoms with Crippen molar-refractivity contribution in [2.24, 2.45) is 0 Å². The van der Waals surface area contributed by atoms with Crippen LogP contribution in [-0.2, 0) is 12.7 Å². The Balaban J connectivity index is 1.71. The summed E-state index contributed by atoms with van der Waals surface area (Å²) in [7, 11) is 0. The Labute approximate surface area is 123 Å². The van der Waals surface area contributed by atoms with E-state index in [-0.39, 0.29) is 0 Å². The molecule has 2 saturated heterocycles. The summed E-state index contributed by atoms with van der Waals surface area (Å²) in [4.78, 5) is 4.84. The normalized spacial score (nSPS) is 27.8. The van der Waals surface area contributed by atoms with Crippen LogP contribution in [0.5, 0.6) is 0 Å². The molecule has 0 bridgehead atoms. The molecule has 2 unspecified atom stereocenters. The first kappa shape index (κ1) is 14.9. The van der Waals surface area contributed by atoms with Gasteiger partial charge >= 0.3 is 6.18 Å². The van der Waals surface area contributed by atoms with Gasteiger partial charge in [-0.3, -0.25) is 9.80 Å². The maximum absolute atomic E-state index is 12.8. The van der Waals surface area contributed by atoms with Gasteiger partial charge in [0.25, 0.3) is 0 Å². The molecule has 2 atom stereocenters. The molecule has 2 aliphatic rings. The van der Waals surface area contributed by atoms with Crippen molar-refractivity contribution in [3.8, 4) is 0 Å². The summed E-state index contributed by atoms with van der Waals surface area (Å²) in [6, 6.07) is 6.72. The van der Waals surface area contributed by atoms with Crippen LogP contribution in [0.2, 0.25) is 0 Å². The number of alkyl halides is 3. The molecule has 0 radical (unpaired) electrons. The Hall–Kier alpha value is -1.07. The van der Waals surface area contributed by atoms with Gasteiger partial charge in [0.1, 0.15) is 0 Å². The smallest absolute Gasteiger partial charge is 0.298 e. The molecular weight excluding hydrogens is 277 g/mol. The Morgan fingerprint density at radius 1 is 1.24 bits per heavy atom. The molecule has 1 aromatic carbocycles. The number of nitrogens with zero attached hydrogens (tertiary/aromatic N) is 2. The van der Waals surface area contributed by atoms with E-state index in [0.29, 0.717) is 18.6 Å². The Bertz CT molecular complexity index is 501. The second-order valence-electron chi connectivity index (χ2n) is 6.27. The average Bonchev–Trinajstić information content (AvgIpc) is 2.85. The van der Waals surface area contributed by atoms with E-state index in [9.17, 15) is 13.2 Å². The van der Waals surface area contributed by atoms with Crippen molar-refractivity contribution < 1.29 is 13.2 Å². The number of halogens is 3. The third-order valence-electron chi connectivity index (χ3n) is 4.71. The fraction of sp³-hybridized carbons (Fsp3) is 0.625. The molecule has 21 heavy (non-hydrogen) atoms. The lowest BCUT2D eigenvalue weighted by Crippen LogP contribution is -2.54. The molecule has 2 heterocycles. The summed E-state index contributed by atoms with van der Waals surface area (Å²) >= 11 is 0. The zero-order valence-corrected chi connectivity index (χ0v) is 12.2. The molecule has 2 fully saturated rings. The third kappa shape index (κ3) is 3.24. The van der Waals surface area contributed by atoms with Gasteiger partial charge in [-0.1, -0.05) is 18.2 Å². The summed E-state index contributed by atoms with van der Waals surface area (Å²) < 4.78 is 38.3. The lowest BCUT2D eigenvalue weighted by Gasteiger charge is -2.42. The van der Waals surface area contributed by atoms with Crippen LogP contribution in [-0.4, -0.2) is 41.5 Å². The monoisotopic (exact) mass is 298 g/mol. The zero-order chi connectivity index (χ0) is 15.0. The minimum Gasteiger partial charge on any atom is -0.298 e. The highest BCUT2D eigenvalue weighted by atomic mass is 19.4. The Kier molecular flexibility index (Phi) is 3.97. The first-order valence-corrected chi connectivity index (χ1v) is 7.58. The van der Waals surface area contributed by atoms with Crippen molar-refractivity contribution in [2.75, 3.05) is 19.6 Å². The quantitative estimate of drug-likeness (QED) is 0.826. The fourth-order valence-electron chi connectivity index (χ4n) is 3.55. The highest BCUT2D eigenvalue weighted by Gasteiger charge is 2.35. The van der Waals surface area contributed by atoms with Crippen LogP contribution in [0.1, 0.15) is 30.9 Å². The van der Waals surface area contributed by atoms with E-state index in [1.165, 1.54) is 31.5 Å². The number of fused-ring (bicyclic) bond motifs is 1. The van der Waals surface area contributed by atoms with Gasteiger partial charge in [-0.2, -0.15) is 13.2 Å². The highest BCUT2D eigenvalue weighted by molar-refractivity contribution is 5.25. The first-order valence-electron chi connectivity index (χ1n) is 7.58. The lowest BCUT2D eigenvalue weighted by atomic mass is 10.1. The van der Waals surface area contributed by atoms with Gasteiger partial charge < -0.3 is 0 Å². The van der Waals surface area contributed by atoms with Gasteiger partial charge in [0, 0.05) is 31.7 Å². The van der Waals surface area contributed by atoms with E-state index in [4.69, 9.17) is 0 Å². The SMILES string of the molecule is CC1CN2CCCC2CN1Cc1cccc(C(F)(F)F)c1. The maximum Gasteiger partial charge on any atom is 0.416 e. The van der Waals surface area contributed by atoms with E-state index >= 15 is 0 Å². The lowest BCUT2D eigenvalue weighted by molar-refractivity contribution is -0.137. The second kappa shape index (κ2) is 5.61. The molecule has 0 aliphatic carbocycles. The van der Waals surface area contributed by atoms with Crippen molar-refractivity contribution in [3.05, 3.63) is 35.4 Å². The largest absolute Gasteiger partial charge is 0.416 e. The predicted molar refractivity (Wildman–Crippen MR) is 75.9 cm³/mol. The van der Waals surface area contributed by atoms with E-state index < -0.39 is 11.7 Å². The minimum atomic E-state index is -4.26. The van der Waals surface area contributed by atoms with Gasteiger partial charge in [0.2, 0.25) is 0 Å². The molecule has 2 nitrogen and oxygen atoms in total. The van der Waals surface area contributed by atoms with Crippen molar-refractivity contribution in [1.82, 2.24) is 9.80 Å². The predicted octanol–water partition coefficient (Wildman–Crippen LogP) is 3.37. The van der Waals surface area contributed by atoms with E-state index in [1.54, 1.807) is 6.07 Å². The number of hydrogen-bond acceptors (Lipinski definition) is 2. The number of rotatable bonds is 2.